The van der Waals surface area contributed by atoms with E-state index in [0.29, 0.717) is 46.6 Å². The van der Waals surface area contributed by atoms with E-state index in [2.05, 4.69) is 17.2 Å². The molecule has 0 saturated carbocycles. The third-order valence-corrected chi connectivity index (χ3v) is 6.21. The molecule has 1 unspecified atom stereocenters. The van der Waals surface area contributed by atoms with E-state index >= 15 is 0 Å². The Hall–Kier alpha value is -2.09. The molecule has 2 aliphatic rings. The molecule has 1 fully saturated rings. The molecule has 168 valence electrons. The summed E-state index contributed by atoms with van der Waals surface area (Å²) in [6, 6.07) is 1.89. The van der Waals surface area contributed by atoms with Crippen molar-refractivity contribution in [2.24, 2.45) is 0 Å². The van der Waals surface area contributed by atoms with Gasteiger partial charge in [0.1, 0.15) is 5.69 Å². The Morgan fingerprint density at radius 1 is 1.23 bits per heavy atom. The zero-order valence-corrected chi connectivity index (χ0v) is 19.6. The van der Waals surface area contributed by atoms with E-state index in [0.717, 1.165) is 25.1 Å². The fraction of sp³-hybridized carbons (Fsp3) is 0.500. The van der Waals surface area contributed by atoms with Crippen molar-refractivity contribution in [1.29, 1.82) is 0 Å². The van der Waals surface area contributed by atoms with Crippen LogP contribution in [0.5, 0.6) is 0 Å². The maximum absolute atomic E-state index is 13.1. The second kappa shape index (κ2) is 10.5. The first-order chi connectivity index (χ1) is 15.0. The summed E-state index contributed by atoms with van der Waals surface area (Å²) >= 11 is 12.3. The van der Waals surface area contributed by atoms with Crippen LogP contribution < -0.4 is 5.32 Å². The van der Waals surface area contributed by atoms with Gasteiger partial charge in [0.05, 0.1) is 34.5 Å². The third kappa shape index (κ3) is 4.89. The van der Waals surface area contributed by atoms with Crippen LogP contribution in [0.3, 0.4) is 0 Å². The van der Waals surface area contributed by atoms with Crippen LogP contribution >= 0.6 is 23.2 Å². The second-order valence-corrected chi connectivity index (χ2v) is 8.16. The summed E-state index contributed by atoms with van der Waals surface area (Å²) in [4.78, 5) is 31.9. The molecular formula is C22H28Cl2N4O3. The lowest BCUT2D eigenvalue weighted by Crippen LogP contribution is -2.35. The van der Waals surface area contributed by atoms with Gasteiger partial charge < -0.3 is 19.5 Å². The molecule has 0 bridgehead atoms. The average molecular weight is 467 g/mol. The lowest BCUT2D eigenvalue weighted by Gasteiger charge is -2.24. The van der Waals surface area contributed by atoms with E-state index in [1.807, 2.05) is 23.3 Å². The van der Waals surface area contributed by atoms with E-state index in [9.17, 15) is 9.59 Å². The van der Waals surface area contributed by atoms with Gasteiger partial charge in [-0.1, -0.05) is 37.0 Å². The third-order valence-electron chi connectivity index (χ3n) is 5.56. The average Bonchev–Trinajstić information content (AvgIpc) is 3.38. The fourth-order valence-electron chi connectivity index (χ4n) is 3.95. The van der Waals surface area contributed by atoms with Crippen LogP contribution in [-0.4, -0.2) is 45.5 Å². The van der Waals surface area contributed by atoms with Gasteiger partial charge in [-0.05, 0) is 25.8 Å². The molecule has 2 aromatic rings. The summed E-state index contributed by atoms with van der Waals surface area (Å²) in [6.07, 6.45) is 4.97. The Kier molecular flexibility index (Phi) is 7.97. The highest BCUT2D eigenvalue weighted by Crippen LogP contribution is 2.26. The van der Waals surface area contributed by atoms with E-state index in [4.69, 9.17) is 27.9 Å². The number of ether oxygens (including phenoxy) is 1. The number of pyridine rings is 1. The Balaban J connectivity index is 0.00000132. The first kappa shape index (κ1) is 23.6. The van der Waals surface area contributed by atoms with E-state index in [1.54, 1.807) is 6.07 Å². The minimum absolute atomic E-state index is 0.0302. The molecule has 1 saturated heterocycles. The minimum atomic E-state index is -0.295. The van der Waals surface area contributed by atoms with Gasteiger partial charge in [0.15, 0.2) is 0 Å². The summed E-state index contributed by atoms with van der Waals surface area (Å²) in [6.45, 7) is 8.33. The van der Waals surface area contributed by atoms with Gasteiger partial charge in [0, 0.05) is 43.6 Å². The number of nitrogens with zero attached hydrogens (tertiary/aromatic N) is 3. The number of carbonyl (C=O) groups is 2. The quantitative estimate of drug-likeness (QED) is 0.728. The molecule has 1 atom stereocenters. The monoisotopic (exact) mass is 466 g/mol. The fourth-order valence-corrected chi connectivity index (χ4v) is 4.45. The lowest BCUT2D eigenvalue weighted by molar-refractivity contribution is 0.0684. The van der Waals surface area contributed by atoms with Crippen LogP contribution in [0.4, 0.5) is 0 Å². The van der Waals surface area contributed by atoms with Gasteiger partial charge in [-0.15, -0.1) is 0 Å². The predicted molar refractivity (Wildman–Crippen MR) is 121 cm³/mol. The van der Waals surface area contributed by atoms with Gasteiger partial charge in [-0.2, -0.15) is 0 Å². The highest BCUT2D eigenvalue weighted by Gasteiger charge is 2.32. The van der Waals surface area contributed by atoms with E-state index < -0.39 is 0 Å². The lowest BCUT2D eigenvalue weighted by atomic mass is 10.2. The molecule has 0 aliphatic carbocycles. The molecule has 4 rings (SSSR count). The topological polar surface area (TPSA) is 76.5 Å². The number of rotatable bonds is 4. The van der Waals surface area contributed by atoms with Crippen molar-refractivity contribution in [3.63, 3.8) is 0 Å². The molecule has 4 heterocycles. The molecule has 2 aromatic heterocycles. The molecule has 0 spiro atoms. The van der Waals surface area contributed by atoms with Crippen LogP contribution in [0.1, 0.15) is 65.7 Å². The van der Waals surface area contributed by atoms with Gasteiger partial charge in [0.25, 0.3) is 11.8 Å². The van der Waals surface area contributed by atoms with Gasteiger partial charge >= 0.3 is 0 Å². The number of amides is 2. The summed E-state index contributed by atoms with van der Waals surface area (Å²) in [5.41, 5.74) is 2.31. The SMILES string of the molecule is CC.CC1CCCN1C(=O)c1cc(C(=O)NCc2c(Cl)cncc2Cl)c2n1CCOC2. The maximum atomic E-state index is 13.1. The number of likely N-dealkylation sites (tertiary alicyclic amines) is 1. The second-order valence-electron chi connectivity index (χ2n) is 7.35. The van der Waals surface area contributed by atoms with Crippen LogP contribution in [0.15, 0.2) is 18.5 Å². The van der Waals surface area contributed by atoms with E-state index in [1.165, 1.54) is 12.4 Å². The number of halogens is 2. The van der Waals surface area contributed by atoms with Crippen molar-refractivity contribution in [2.75, 3.05) is 13.2 Å². The normalized spacial score (nSPS) is 17.6. The number of nitrogens with one attached hydrogen (secondary N) is 1. The molecule has 9 heteroatoms. The molecule has 31 heavy (non-hydrogen) atoms. The Bertz CT molecular complexity index is 940. The summed E-state index contributed by atoms with van der Waals surface area (Å²) in [5.74, 6) is -0.325. The molecule has 0 aromatic carbocycles. The Morgan fingerprint density at radius 3 is 2.58 bits per heavy atom. The molecule has 7 nitrogen and oxygen atoms in total. The number of fused-ring (bicyclic) bond motifs is 1. The van der Waals surface area contributed by atoms with Crippen molar-refractivity contribution in [1.82, 2.24) is 19.8 Å². The summed E-state index contributed by atoms with van der Waals surface area (Å²) < 4.78 is 7.47. The molecule has 0 radical (unpaired) electrons. The Labute approximate surface area is 192 Å². The smallest absolute Gasteiger partial charge is 0.270 e. The van der Waals surface area contributed by atoms with Gasteiger partial charge in [0.2, 0.25) is 0 Å². The first-order valence-electron chi connectivity index (χ1n) is 10.6. The van der Waals surface area contributed by atoms with Crippen LogP contribution in [0.2, 0.25) is 10.0 Å². The molecule has 2 aliphatic heterocycles. The van der Waals surface area contributed by atoms with Crippen LogP contribution in [0, 0.1) is 0 Å². The van der Waals surface area contributed by atoms with Crippen molar-refractivity contribution in [2.45, 2.75) is 59.4 Å². The standard InChI is InChI=1S/C20H22Cl2N4O3.C2H6/c1-12-3-2-4-25(12)20(28)17-7-13(18-11-29-6-5-26(17)18)19(27)24-8-14-15(21)9-23-10-16(14)22;1-2/h7,9-10,12H,2-6,8,11H2,1H3,(H,24,27);1-2H3. The Morgan fingerprint density at radius 2 is 1.94 bits per heavy atom. The zero-order chi connectivity index (χ0) is 22.5. The van der Waals surface area contributed by atoms with Crippen molar-refractivity contribution in [3.05, 3.63) is 51.0 Å². The van der Waals surface area contributed by atoms with Gasteiger partial charge in [-0.25, -0.2) is 0 Å². The van der Waals surface area contributed by atoms with Crippen LogP contribution in [-0.2, 0) is 24.4 Å². The number of carbonyl (C=O) groups excluding carboxylic acids is 2. The number of hydrogen-bond donors (Lipinski definition) is 1. The zero-order valence-electron chi connectivity index (χ0n) is 18.1. The first-order valence-corrected chi connectivity index (χ1v) is 11.4. The van der Waals surface area contributed by atoms with Crippen molar-refractivity contribution < 1.29 is 14.3 Å². The van der Waals surface area contributed by atoms with Crippen molar-refractivity contribution >= 4 is 35.0 Å². The number of hydrogen-bond acceptors (Lipinski definition) is 4. The van der Waals surface area contributed by atoms with E-state index in [-0.39, 0.29) is 24.4 Å². The highest BCUT2D eigenvalue weighted by molar-refractivity contribution is 6.35. The molecular weight excluding hydrogens is 439 g/mol. The minimum Gasteiger partial charge on any atom is -0.373 e. The van der Waals surface area contributed by atoms with Gasteiger partial charge in [-0.3, -0.25) is 14.6 Å². The largest absolute Gasteiger partial charge is 0.373 e. The molecule has 2 amide bonds. The molecule has 1 N–H and O–H groups in total. The summed E-state index contributed by atoms with van der Waals surface area (Å²) in [7, 11) is 0. The number of aromatic nitrogens is 2. The highest BCUT2D eigenvalue weighted by atomic mass is 35.5. The summed E-state index contributed by atoms with van der Waals surface area (Å²) in [5, 5.41) is 3.62. The predicted octanol–water partition coefficient (Wildman–Crippen LogP) is 4.30. The van der Waals surface area contributed by atoms with Crippen molar-refractivity contribution in [3.8, 4) is 0 Å². The maximum Gasteiger partial charge on any atom is 0.270 e. The van der Waals surface area contributed by atoms with Crippen LogP contribution in [0.25, 0.3) is 0 Å².